The molecule has 1 aliphatic heterocycles. The number of carbonyl (C=O) groups is 2. The van der Waals surface area contributed by atoms with Crippen LogP contribution in [0.2, 0.25) is 0 Å². The number of likely N-dealkylation sites (tertiary alicyclic amines) is 1. The second kappa shape index (κ2) is 7.69. The normalized spacial score (nSPS) is 23.4. The summed E-state index contributed by atoms with van der Waals surface area (Å²) in [6, 6.07) is -0.137. The third kappa shape index (κ3) is 5.96. The first-order chi connectivity index (χ1) is 8.73. The predicted molar refractivity (Wildman–Crippen MR) is 77.8 cm³/mol. The highest BCUT2D eigenvalue weighted by Crippen LogP contribution is 2.19. The van der Waals surface area contributed by atoms with Gasteiger partial charge in [-0.2, -0.15) is 0 Å². The molecular formula is C13H25ClN2O4. The summed E-state index contributed by atoms with van der Waals surface area (Å²) in [4.78, 5) is 25.2. The van der Waals surface area contributed by atoms with E-state index in [1.165, 1.54) is 12.0 Å². The number of ether oxygens (including phenoxy) is 2. The van der Waals surface area contributed by atoms with Crippen LogP contribution in [0, 0.1) is 5.92 Å². The van der Waals surface area contributed by atoms with E-state index < -0.39 is 11.7 Å². The summed E-state index contributed by atoms with van der Waals surface area (Å²) in [7, 11) is 1.35. The minimum atomic E-state index is -0.561. The van der Waals surface area contributed by atoms with Gasteiger partial charge in [-0.1, -0.05) is 0 Å². The fraction of sp³-hybridized carbons (Fsp3) is 0.846. The van der Waals surface area contributed by atoms with E-state index in [0.717, 1.165) is 0 Å². The number of rotatable bonds is 1. The fourth-order valence-electron chi connectivity index (χ4n) is 2.06. The molecule has 0 unspecified atom stereocenters. The Morgan fingerprint density at radius 2 is 1.80 bits per heavy atom. The molecule has 0 aliphatic carbocycles. The molecule has 2 atom stereocenters. The standard InChI is InChI=1S/C13H24N2O4.ClH/c1-13(2,3)19-12(17)15-7-9(11(16)18-4)5-6-10(14)8-15;/h9-10H,5-8,14H2,1-4H3;1H/t9-,10-;/m1./s1. The lowest BCUT2D eigenvalue weighted by Gasteiger charge is -2.28. The molecule has 6 nitrogen and oxygen atoms in total. The van der Waals surface area contributed by atoms with Crippen molar-refractivity contribution in [2.45, 2.75) is 45.3 Å². The molecule has 1 rings (SSSR count). The van der Waals surface area contributed by atoms with E-state index in [-0.39, 0.29) is 30.3 Å². The Labute approximate surface area is 126 Å². The van der Waals surface area contributed by atoms with Crippen LogP contribution in [0.3, 0.4) is 0 Å². The number of esters is 1. The highest BCUT2D eigenvalue weighted by atomic mass is 35.5. The Morgan fingerprint density at radius 3 is 2.30 bits per heavy atom. The van der Waals surface area contributed by atoms with Crippen molar-refractivity contribution in [3.63, 3.8) is 0 Å². The summed E-state index contributed by atoms with van der Waals surface area (Å²) >= 11 is 0. The van der Waals surface area contributed by atoms with Gasteiger partial charge in [0.15, 0.2) is 0 Å². The molecule has 1 heterocycles. The summed E-state index contributed by atoms with van der Waals surface area (Å²) in [5, 5.41) is 0. The van der Waals surface area contributed by atoms with Gasteiger partial charge in [-0.05, 0) is 33.6 Å². The van der Waals surface area contributed by atoms with Crippen LogP contribution in [-0.4, -0.2) is 48.8 Å². The monoisotopic (exact) mass is 308 g/mol. The zero-order valence-corrected chi connectivity index (χ0v) is 13.4. The molecule has 1 fully saturated rings. The summed E-state index contributed by atoms with van der Waals surface area (Å²) in [5.74, 6) is -0.631. The number of nitrogens with zero attached hydrogens (tertiary/aromatic N) is 1. The minimum Gasteiger partial charge on any atom is -0.469 e. The molecule has 1 amide bonds. The first-order valence-electron chi connectivity index (χ1n) is 6.54. The maximum atomic E-state index is 12.1. The van der Waals surface area contributed by atoms with Gasteiger partial charge >= 0.3 is 12.1 Å². The molecule has 0 bridgehead atoms. The molecule has 1 saturated heterocycles. The third-order valence-electron chi connectivity index (χ3n) is 2.97. The van der Waals surface area contributed by atoms with Crippen molar-refractivity contribution >= 4 is 24.5 Å². The van der Waals surface area contributed by atoms with Gasteiger partial charge in [0.25, 0.3) is 0 Å². The van der Waals surface area contributed by atoms with E-state index in [1.807, 2.05) is 0 Å². The van der Waals surface area contributed by atoms with Gasteiger partial charge in [-0.25, -0.2) is 4.79 Å². The summed E-state index contributed by atoms with van der Waals surface area (Å²) in [5.41, 5.74) is 5.37. The second-order valence-corrected chi connectivity index (χ2v) is 5.94. The van der Waals surface area contributed by atoms with E-state index >= 15 is 0 Å². The van der Waals surface area contributed by atoms with Crippen molar-refractivity contribution < 1.29 is 19.1 Å². The molecule has 0 aromatic rings. The van der Waals surface area contributed by atoms with Gasteiger partial charge in [-0.15, -0.1) is 12.4 Å². The molecule has 20 heavy (non-hydrogen) atoms. The highest BCUT2D eigenvalue weighted by molar-refractivity contribution is 5.85. The van der Waals surface area contributed by atoms with Crippen LogP contribution < -0.4 is 5.73 Å². The number of methoxy groups -OCH3 is 1. The van der Waals surface area contributed by atoms with Gasteiger partial charge in [0.2, 0.25) is 0 Å². The highest BCUT2D eigenvalue weighted by Gasteiger charge is 2.32. The van der Waals surface area contributed by atoms with E-state index in [9.17, 15) is 9.59 Å². The van der Waals surface area contributed by atoms with Gasteiger partial charge in [0.1, 0.15) is 5.60 Å². The van der Waals surface area contributed by atoms with Crippen LogP contribution in [0.15, 0.2) is 0 Å². The number of nitrogens with two attached hydrogens (primary N) is 1. The Balaban J connectivity index is 0.00000361. The second-order valence-electron chi connectivity index (χ2n) is 5.94. The Bertz CT molecular complexity index is 344. The van der Waals surface area contributed by atoms with Crippen molar-refractivity contribution in [3.05, 3.63) is 0 Å². The summed E-state index contributed by atoms with van der Waals surface area (Å²) < 4.78 is 10.1. The fourth-order valence-corrected chi connectivity index (χ4v) is 2.06. The van der Waals surface area contributed by atoms with Gasteiger partial charge in [0, 0.05) is 19.1 Å². The van der Waals surface area contributed by atoms with Crippen LogP contribution >= 0.6 is 12.4 Å². The van der Waals surface area contributed by atoms with Gasteiger partial charge < -0.3 is 20.1 Å². The molecule has 0 aromatic carbocycles. The number of carbonyl (C=O) groups excluding carboxylic acids is 2. The third-order valence-corrected chi connectivity index (χ3v) is 2.97. The number of hydrogen-bond acceptors (Lipinski definition) is 5. The zero-order valence-electron chi connectivity index (χ0n) is 12.5. The summed E-state index contributed by atoms with van der Waals surface area (Å²) in [6.07, 6.45) is 0.894. The first kappa shape index (κ1) is 19.0. The van der Waals surface area contributed by atoms with Gasteiger partial charge in [0.05, 0.1) is 13.0 Å². The predicted octanol–water partition coefficient (Wildman–Crippen LogP) is 1.56. The molecule has 2 N–H and O–H groups in total. The van der Waals surface area contributed by atoms with Crippen molar-refractivity contribution in [3.8, 4) is 0 Å². The van der Waals surface area contributed by atoms with Crippen LogP contribution in [0.5, 0.6) is 0 Å². The molecule has 0 saturated carbocycles. The maximum absolute atomic E-state index is 12.1. The molecule has 0 radical (unpaired) electrons. The molecule has 1 aliphatic rings. The van der Waals surface area contributed by atoms with E-state index in [0.29, 0.717) is 25.9 Å². The lowest BCUT2D eigenvalue weighted by Crippen LogP contribution is -2.44. The summed E-state index contributed by atoms with van der Waals surface area (Å²) in [6.45, 7) is 6.12. The van der Waals surface area contributed by atoms with Gasteiger partial charge in [-0.3, -0.25) is 4.79 Å². The molecule has 0 aromatic heterocycles. The number of amides is 1. The molecule has 7 heteroatoms. The number of halogens is 1. The Kier molecular flexibility index (Phi) is 7.30. The maximum Gasteiger partial charge on any atom is 0.410 e. The number of hydrogen-bond donors (Lipinski definition) is 1. The van der Waals surface area contributed by atoms with Crippen LogP contribution in [0.25, 0.3) is 0 Å². The average molecular weight is 309 g/mol. The van der Waals surface area contributed by atoms with E-state index in [1.54, 1.807) is 20.8 Å². The topological polar surface area (TPSA) is 81.9 Å². The largest absolute Gasteiger partial charge is 0.469 e. The van der Waals surface area contributed by atoms with E-state index in [4.69, 9.17) is 15.2 Å². The van der Waals surface area contributed by atoms with E-state index in [2.05, 4.69) is 0 Å². The van der Waals surface area contributed by atoms with Crippen molar-refractivity contribution in [1.82, 2.24) is 4.90 Å². The smallest absolute Gasteiger partial charge is 0.410 e. The first-order valence-corrected chi connectivity index (χ1v) is 6.54. The average Bonchev–Trinajstić information content (AvgIpc) is 2.48. The van der Waals surface area contributed by atoms with Crippen molar-refractivity contribution in [1.29, 1.82) is 0 Å². The lowest BCUT2D eigenvalue weighted by atomic mass is 10.0. The zero-order chi connectivity index (χ0) is 14.6. The van der Waals surface area contributed by atoms with Crippen LogP contribution in [0.1, 0.15) is 33.6 Å². The van der Waals surface area contributed by atoms with Crippen molar-refractivity contribution in [2.24, 2.45) is 11.7 Å². The van der Waals surface area contributed by atoms with Crippen molar-refractivity contribution in [2.75, 3.05) is 20.2 Å². The van der Waals surface area contributed by atoms with Crippen LogP contribution in [0.4, 0.5) is 4.79 Å². The molecule has 118 valence electrons. The molecular weight excluding hydrogens is 284 g/mol. The quantitative estimate of drug-likeness (QED) is 0.743. The Morgan fingerprint density at radius 1 is 1.20 bits per heavy atom. The SMILES string of the molecule is COC(=O)[C@@H]1CC[C@@H](N)CN(C(=O)OC(C)(C)C)C1.Cl. The minimum absolute atomic E-state index is 0. The van der Waals surface area contributed by atoms with Crippen LogP contribution in [-0.2, 0) is 14.3 Å². The molecule has 0 spiro atoms. The lowest BCUT2D eigenvalue weighted by molar-refractivity contribution is -0.146. The Hall–Kier alpha value is -1.01.